The van der Waals surface area contributed by atoms with Crippen molar-refractivity contribution in [2.24, 2.45) is 0 Å². The maximum atomic E-state index is 14.7. The van der Waals surface area contributed by atoms with Crippen LogP contribution in [0.25, 0.3) is 43.6 Å². The zero-order valence-electron chi connectivity index (χ0n) is 21.7. The van der Waals surface area contributed by atoms with Crippen molar-refractivity contribution in [1.29, 1.82) is 0 Å². The van der Waals surface area contributed by atoms with E-state index >= 15 is 0 Å². The Morgan fingerprint density at radius 3 is 1.20 bits per heavy atom. The van der Waals surface area contributed by atoms with Gasteiger partial charge < -0.3 is 0 Å². The lowest BCUT2D eigenvalue weighted by atomic mass is 9.77. The van der Waals surface area contributed by atoms with Crippen LogP contribution in [0, 0.1) is 0 Å². The summed E-state index contributed by atoms with van der Waals surface area (Å²) in [6.45, 7) is 3.68. The van der Waals surface area contributed by atoms with Crippen molar-refractivity contribution in [3.05, 3.63) is 96.1 Å². The third-order valence-electron chi connectivity index (χ3n) is 7.91. The van der Waals surface area contributed by atoms with E-state index in [2.05, 4.69) is 0 Å². The second-order valence-electron chi connectivity index (χ2n) is 10.6. The SMILES string of the molecule is CC(C)(c1ccc2c(c1)c1ccccc1n2C(F)(F)C(F)F)c1ccc2c(c1)c1ccccc1n2C(F)(F)C(F)F. The van der Waals surface area contributed by atoms with Gasteiger partial charge in [-0.3, -0.25) is 9.13 Å². The summed E-state index contributed by atoms with van der Waals surface area (Å²) in [6.07, 6.45) is -7.85. The van der Waals surface area contributed by atoms with Crippen LogP contribution in [-0.4, -0.2) is 22.0 Å². The third kappa shape index (κ3) is 3.83. The number of rotatable bonds is 6. The summed E-state index contributed by atoms with van der Waals surface area (Å²) in [4.78, 5) is 0. The Morgan fingerprint density at radius 2 is 0.829 bits per heavy atom. The van der Waals surface area contributed by atoms with Gasteiger partial charge in [-0.25, -0.2) is 17.6 Å². The molecule has 0 aliphatic carbocycles. The van der Waals surface area contributed by atoms with Crippen LogP contribution in [0.1, 0.15) is 25.0 Å². The van der Waals surface area contributed by atoms with Crippen molar-refractivity contribution in [3.63, 3.8) is 0 Å². The van der Waals surface area contributed by atoms with Crippen molar-refractivity contribution in [2.75, 3.05) is 0 Å². The van der Waals surface area contributed by atoms with Crippen molar-refractivity contribution in [1.82, 2.24) is 9.13 Å². The van der Waals surface area contributed by atoms with Crippen LogP contribution < -0.4 is 0 Å². The second kappa shape index (κ2) is 8.96. The quantitative estimate of drug-likeness (QED) is 0.175. The Kier molecular flexibility index (Phi) is 5.92. The van der Waals surface area contributed by atoms with E-state index in [0.29, 0.717) is 41.8 Å². The fraction of sp³-hybridized carbons (Fsp3) is 0.226. The number of alkyl halides is 8. The zero-order chi connectivity index (χ0) is 29.5. The Bertz CT molecular complexity index is 1810. The largest absolute Gasteiger partial charge is 0.389 e. The van der Waals surface area contributed by atoms with Crippen molar-refractivity contribution in [2.45, 2.75) is 44.2 Å². The standard InChI is InChI=1S/C31H22F8N2/c1-29(2,17-11-13-25-21(15-17)19-7-3-5-9-23(19)40(25)30(36,37)27(32)33)18-12-14-26-22(16-18)20-8-4-6-10-24(20)41(26)31(38,39)28(34)35/h3-16,27-28H,1-2H3. The molecular weight excluding hydrogens is 552 g/mol. The van der Waals surface area contributed by atoms with Crippen molar-refractivity contribution >= 4 is 43.6 Å². The van der Waals surface area contributed by atoms with Gasteiger partial charge in [0, 0.05) is 27.0 Å². The molecule has 0 saturated carbocycles. The Labute approximate surface area is 228 Å². The molecule has 0 amide bonds. The predicted molar refractivity (Wildman–Crippen MR) is 143 cm³/mol. The molecule has 0 saturated heterocycles. The molecule has 6 aromatic rings. The van der Waals surface area contributed by atoms with Gasteiger partial charge in [-0.2, -0.15) is 17.6 Å². The highest BCUT2D eigenvalue weighted by Crippen LogP contribution is 2.44. The highest BCUT2D eigenvalue weighted by Gasteiger charge is 2.46. The number of nitrogens with zero attached hydrogens (tertiary/aromatic N) is 2. The first-order chi connectivity index (χ1) is 19.3. The highest BCUT2D eigenvalue weighted by molar-refractivity contribution is 6.09. The van der Waals surface area contributed by atoms with Gasteiger partial charge in [0.2, 0.25) is 0 Å². The lowest BCUT2D eigenvalue weighted by Gasteiger charge is -2.27. The van der Waals surface area contributed by atoms with Crippen LogP contribution >= 0.6 is 0 Å². The number of para-hydroxylation sites is 2. The average Bonchev–Trinajstić information content (AvgIpc) is 3.45. The van der Waals surface area contributed by atoms with Gasteiger partial charge in [0.15, 0.2) is 0 Å². The van der Waals surface area contributed by atoms with Crippen LogP contribution in [0.5, 0.6) is 0 Å². The van der Waals surface area contributed by atoms with Crippen LogP contribution in [-0.2, 0) is 17.5 Å². The molecule has 2 nitrogen and oxygen atoms in total. The fourth-order valence-corrected chi connectivity index (χ4v) is 5.73. The average molecular weight is 575 g/mol. The molecule has 2 aromatic heterocycles. The van der Waals surface area contributed by atoms with Gasteiger partial charge in [-0.1, -0.05) is 62.4 Å². The normalized spacial score (nSPS) is 13.6. The number of aromatic nitrogens is 2. The van der Waals surface area contributed by atoms with E-state index in [4.69, 9.17) is 0 Å². The highest BCUT2D eigenvalue weighted by atomic mass is 19.3. The van der Waals surface area contributed by atoms with Crippen molar-refractivity contribution < 1.29 is 35.1 Å². The molecule has 0 spiro atoms. The summed E-state index contributed by atoms with van der Waals surface area (Å²) in [5.41, 5.74) is 0.246. The van der Waals surface area contributed by atoms with E-state index < -0.39 is 30.4 Å². The monoisotopic (exact) mass is 574 g/mol. The first-order valence-electron chi connectivity index (χ1n) is 12.7. The molecule has 0 fully saturated rings. The number of halogens is 8. The van der Waals surface area contributed by atoms with E-state index in [0.717, 1.165) is 0 Å². The molecule has 0 unspecified atom stereocenters. The second-order valence-corrected chi connectivity index (χ2v) is 10.6. The topological polar surface area (TPSA) is 9.86 Å². The Hall–Kier alpha value is -4.08. The molecule has 4 aromatic carbocycles. The number of hydrogen-bond donors (Lipinski definition) is 0. The molecule has 6 rings (SSSR count). The van der Waals surface area contributed by atoms with Gasteiger partial charge in [0.05, 0.1) is 22.1 Å². The number of benzene rings is 4. The summed E-state index contributed by atoms with van der Waals surface area (Å²) in [7, 11) is 0. The molecule has 2 heterocycles. The van der Waals surface area contributed by atoms with Crippen LogP contribution in [0.15, 0.2) is 84.9 Å². The smallest absolute Gasteiger partial charge is 0.276 e. The lowest BCUT2D eigenvalue weighted by molar-refractivity contribution is -0.184. The summed E-state index contributed by atoms with van der Waals surface area (Å²) < 4.78 is 113. The first kappa shape index (κ1) is 27.1. The molecule has 10 heteroatoms. The number of hydrogen-bond acceptors (Lipinski definition) is 0. The lowest BCUT2D eigenvalue weighted by Crippen LogP contribution is -2.31. The Balaban J connectivity index is 1.56. The van der Waals surface area contributed by atoms with Crippen LogP contribution in [0.4, 0.5) is 35.1 Å². The maximum Gasteiger partial charge on any atom is 0.389 e. The fourth-order valence-electron chi connectivity index (χ4n) is 5.73. The van der Waals surface area contributed by atoms with Gasteiger partial charge in [-0.15, -0.1) is 0 Å². The van der Waals surface area contributed by atoms with Gasteiger partial charge in [0.25, 0.3) is 0 Å². The summed E-state index contributed by atoms with van der Waals surface area (Å²) in [5, 5.41) is 1.43. The minimum absolute atomic E-state index is 0.0445. The van der Waals surface area contributed by atoms with Gasteiger partial charge in [-0.05, 0) is 47.5 Å². The molecule has 0 aliphatic rings. The molecule has 0 bridgehead atoms. The van der Waals surface area contributed by atoms with E-state index in [9.17, 15) is 35.1 Å². The zero-order valence-corrected chi connectivity index (χ0v) is 21.7. The molecule has 0 N–H and O–H groups in total. The number of fused-ring (bicyclic) bond motifs is 6. The maximum absolute atomic E-state index is 14.7. The summed E-state index contributed by atoms with van der Waals surface area (Å²) in [5.74, 6) is 0. The predicted octanol–water partition coefficient (Wildman–Crippen LogP) is 9.86. The molecule has 0 atom stereocenters. The first-order valence-corrected chi connectivity index (χ1v) is 12.7. The third-order valence-corrected chi connectivity index (χ3v) is 7.91. The molecule has 212 valence electrons. The van der Waals surface area contributed by atoms with Crippen LogP contribution in [0.2, 0.25) is 0 Å². The van der Waals surface area contributed by atoms with Crippen LogP contribution in [0.3, 0.4) is 0 Å². The minimum atomic E-state index is -4.45. The summed E-state index contributed by atoms with van der Waals surface area (Å²) in [6, 6.07) is 12.4. The molecule has 41 heavy (non-hydrogen) atoms. The minimum Gasteiger partial charge on any atom is -0.276 e. The van der Waals surface area contributed by atoms with E-state index in [1.165, 1.54) is 36.4 Å². The molecule has 0 radical (unpaired) electrons. The van der Waals surface area contributed by atoms with E-state index in [-0.39, 0.29) is 22.1 Å². The van der Waals surface area contributed by atoms with E-state index in [1.807, 2.05) is 13.8 Å². The van der Waals surface area contributed by atoms with Gasteiger partial charge >= 0.3 is 24.9 Å². The van der Waals surface area contributed by atoms with Crippen molar-refractivity contribution in [3.8, 4) is 0 Å². The Morgan fingerprint density at radius 1 is 0.488 bits per heavy atom. The van der Waals surface area contributed by atoms with E-state index in [1.54, 1.807) is 48.5 Å². The molecular formula is C31H22F8N2. The summed E-state index contributed by atoms with van der Waals surface area (Å²) >= 11 is 0. The molecule has 0 aliphatic heterocycles. The van der Waals surface area contributed by atoms with Gasteiger partial charge in [0.1, 0.15) is 0 Å².